The number of carbonyl (C=O) groups excluding carboxylic acids is 2. The van der Waals surface area contributed by atoms with Crippen molar-refractivity contribution in [3.05, 3.63) is 89.5 Å². The molecule has 0 aliphatic carbocycles. The third-order valence-electron chi connectivity index (χ3n) is 4.78. The van der Waals surface area contributed by atoms with Crippen LogP contribution < -0.4 is 20.2 Å². The second-order valence-corrected chi connectivity index (χ2v) is 8.33. The van der Waals surface area contributed by atoms with Crippen molar-refractivity contribution in [2.45, 2.75) is 12.7 Å². The summed E-state index contributed by atoms with van der Waals surface area (Å²) in [6, 6.07) is 22.2. The van der Waals surface area contributed by atoms with Crippen LogP contribution in [0.5, 0.6) is 11.5 Å². The minimum Gasteiger partial charge on any atom is -0.497 e. The van der Waals surface area contributed by atoms with Gasteiger partial charge in [0.2, 0.25) is 5.91 Å². The summed E-state index contributed by atoms with van der Waals surface area (Å²) < 4.78 is 10.6. The second-order valence-electron chi connectivity index (χ2n) is 7.35. The molecule has 0 bridgehead atoms. The highest BCUT2D eigenvalue weighted by Gasteiger charge is 2.05. The summed E-state index contributed by atoms with van der Waals surface area (Å²) in [6.45, 7) is 1.95. The quantitative estimate of drug-likeness (QED) is 0.316. The van der Waals surface area contributed by atoms with Gasteiger partial charge in [-0.3, -0.25) is 9.59 Å². The Balaban J connectivity index is 1.36. The van der Waals surface area contributed by atoms with Gasteiger partial charge in [0.25, 0.3) is 5.91 Å². The molecule has 2 amide bonds. The number of thioether (sulfide) groups is 1. The van der Waals surface area contributed by atoms with Gasteiger partial charge < -0.3 is 14.8 Å². The Morgan fingerprint density at radius 1 is 0.941 bits per heavy atom. The predicted molar refractivity (Wildman–Crippen MR) is 137 cm³/mol. The summed E-state index contributed by atoms with van der Waals surface area (Å²) >= 11 is 1.55. The third-order valence-corrected chi connectivity index (χ3v) is 5.76. The number of hydrogen-bond donors (Lipinski definition) is 2. The minimum absolute atomic E-state index is 0.115. The molecule has 0 unspecified atom stereocenters. The van der Waals surface area contributed by atoms with Crippen molar-refractivity contribution < 1.29 is 19.1 Å². The van der Waals surface area contributed by atoms with Gasteiger partial charge in [0.05, 0.1) is 19.1 Å². The molecular weight excluding hydrogens is 450 g/mol. The topological polar surface area (TPSA) is 89.0 Å². The second kappa shape index (κ2) is 13.1. The van der Waals surface area contributed by atoms with Crippen LogP contribution in [0, 0.1) is 6.92 Å². The van der Waals surface area contributed by atoms with E-state index < -0.39 is 0 Å². The van der Waals surface area contributed by atoms with E-state index in [-0.39, 0.29) is 18.4 Å². The number of methoxy groups -OCH3 is 1. The average Bonchev–Trinajstić information content (AvgIpc) is 2.85. The summed E-state index contributed by atoms with van der Waals surface area (Å²) in [5, 5.41) is 6.75. The summed E-state index contributed by atoms with van der Waals surface area (Å²) in [7, 11) is 1.59. The van der Waals surface area contributed by atoms with Crippen LogP contribution in [0.2, 0.25) is 0 Å². The molecule has 176 valence electrons. The molecule has 3 aromatic rings. The number of hydrazone groups is 1. The number of benzene rings is 3. The molecule has 3 rings (SSSR count). The van der Waals surface area contributed by atoms with Crippen LogP contribution in [0.3, 0.4) is 0 Å². The summed E-state index contributed by atoms with van der Waals surface area (Å²) in [4.78, 5) is 24.0. The fraction of sp³-hybridized carbons (Fsp3) is 0.192. The van der Waals surface area contributed by atoms with E-state index in [9.17, 15) is 9.59 Å². The first-order chi connectivity index (χ1) is 16.5. The number of rotatable bonds is 11. The maximum Gasteiger partial charge on any atom is 0.262 e. The van der Waals surface area contributed by atoms with Crippen LogP contribution in [0.15, 0.2) is 77.9 Å². The molecular formula is C26H27N3O4S. The van der Waals surface area contributed by atoms with Crippen molar-refractivity contribution in [3.8, 4) is 11.5 Å². The SMILES string of the molecule is COc1ccc(NC(=O)COc2ccc(C=NNC(=O)CSCc3ccccc3C)cc2)cc1. The lowest BCUT2D eigenvalue weighted by atomic mass is 10.1. The molecule has 0 fully saturated rings. The number of anilines is 1. The van der Waals surface area contributed by atoms with Crippen molar-refractivity contribution in [2.75, 3.05) is 24.8 Å². The van der Waals surface area contributed by atoms with E-state index in [1.54, 1.807) is 73.6 Å². The lowest BCUT2D eigenvalue weighted by molar-refractivity contribution is -0.119. The van der Waals surface area contributed by atoms with Crippen molar-refractivity contribution in [2.24, 2.45) is 5.10 Å². The molecule has 3 aromatic carbocycles. The van der Waals surface area contributed by atoms with E-state index >= 15 is 0 Å². The van der Waals surface area contributed by atoms with E-state index in [1.807, 2.05) is 12.1 Å². The van der Waals surface area contributed by atoms with E-state index in [2.05, 4.69) is 34.9 Å². The zero-order chi connectivity index (χ0) is 24.2. The molecule has 0 spiro atoms. The highest BCUT2D eigenvalue weighted by Crippen LogP contribution is 2.16. The van der Waals surface area contributed by atoms with Crippen molar-refractivity contribution >= 4 is 35.5 Å². The van der Waals surface area contributed by atoms with E-state index in [0.717, 1.165) is 17.1 Å². The molecule has 2 N–H and O–H groups in total. The zero-order valence-corrected chi connectivity index (χ0v) is 19.9. The smallest absolute Gasteiger partial charge is 0.262 e. The van der Waals surface area contributed by atoms with Crippen molar-refractivity contribution in [3.63, 3.8) is 0 Å². The summed E-state index contributed by atoms with van der Waals surface area (Å²) in [6.07, 6.45) is 1.56. The normalized spacial score (nSPS) is 10.6. The Kier molecular flexibility index (Phi) is 9.54. The fourth-order valence-corrected chi connectivity index (χ4v) is 3.80. The number of ether oxygens (including phenoxy) is 2. The van der Waals surface area contributed by atoms with Crippen LogP contribution in [0.1, 0.15) is 16.7 Å². The number of aryl methyl sites for hydroxylation is 1. The lowest BCUT2D eigenvalue weighted by Gasteiger charge is -2.08. The van der Waals surface area contributed by atoms with E-state index in [1.165, 1.54) is 11.1 Å². The maximum atomic E-state index is 12.1. The summed E-state index contributed by atoms with van der Waals surface area (Å²) in [5.41, 5.74) is 6.44. The Morgan fingerprint density at radius 2 is 1.65 bits per heavy atom. The number of hydrogen-bond acceptors (Lipinski definition) is 6. The number of nitrogens with zero attached hydrogens (tertiary/aromatic N) is 1. The Labute approximate surface area is 203 Å². The highest BCUT2D eigenvalue weighted by molar-refractivity contribution is 7.99. The molecule has 7 nitrogen and oxygen atoms in total. The average molecular weight is 478 g/mol. The van der Waals surface area contributed by atoms with Gasteiger partial charge in [-0.15, -0.1) is 11.8 Å². The largest absolute Gasteiger partial charge is 0.497 e. The number of carbonyl (C=O) groups is 2. The molecule has 0 radical (unpaired) electrons. The first-order valence-corrected chi connectivity index (χ1v) is 11.8. The van der Waals surface area contributed by atoms with Crippen LogP contribution in [0.25, 0.3) is 0 Å². The van der Waals surface area contributed by atoms with Gasteiger partial charge in [0.1, 0.15) is 11.5 Å². The summed E-state index contributed by atoms with van der Waals surface area (Å²) in [5.74, 6) is 1.96. The molecule has 8 heteroatoms. The van der Waals surface area contributed by atoms with Crippen LogP contribution in [-0.4, -0.2) is 37.5 Å². The van der Waals surface area contributed by atoms with Gasteiger partial charge in [0, 0.05) is 11.4 Å². The monoisotopic (exact) mass is 477 g/mol. The van der Waals surface area contributed by atoms with Gasteiger partial charge in [0.15, 0.2) is 6.61 Å². The first-order valence-electron chi connectivity index (χ1n) is 10.6. The molecule has 0 saturated carbocycles. The minimum atomic E-state index is -0.265. The fourth-order valence-electron chi connectivity index (χ4n) is 2.91. The Hall–Kier alpha value is -3.78. The lowest BCUT2D eigenvalue weighted by Crippen LogP contribution is -2.20. The predicted octanol–water partition coefficient (Wildman–Crippen LogP) is 4.40. The van der Waals surface area contributed by atoms with Crippen LogP contribution in [0.4, 0.5) is 5.69 Å². The van der Waals surface area contributed by atoms with Gasteiger partial charge in [-0.1, -0.05) is 24.3 Å². The molecule has 0 atom stereocenters. The molecule has 34 heavy (non-hydrogen) atoms. The van der Waals surface area contributed by atoms with Gasteiger partial charge in [-0.05, 0) is 72.1 Å². The third kappa shape index (κ3) is 8.29. The van der Waals surface area contributed by atoms with E-state index in [0.29, 0.717) is 17.2 Å². The Morgan fingerprint density at radius 3 is 2.35 bits per heavy atom. The molecule has 0 aliphatic heterocycles. The van der Waals surface area contributed by atoms with Crippen LogP contribution in [-0.2, 0) is 15.3 Å². The molecule has 0 aromatic heterocycles. The van der Waals surface area contributed by atoms with Gasteiger partial charge in [-0.2, -0.15) is 5.10 Å². The zero-order valence-electron chi connectivity index (χ0n) is 19.1. The standard InChI is InChI=1S/C26H27N3O4S/c1-19-5-3-4-6-21(19)17-34-18-26(31)29-27-15-20-7-11-24(12-8-20)33-16-25(30)28-22-9-13-23(32-2)14-10-22/h3-15H,16-18H2,1-2H3,(H,28,30)(H,29,31). The number of nitrogens with one attached hydrogen (secondary N) is 2. The van der Waals surface area contributed by atoms with Crippen molar-refractivity contribution in [1.29, 1.82) is 0 Å². The van der Waals surface area contributed by atoms with E-state index in [4.69, 9.17) is 9.47 Å². The Bertz CT molecular complexity index is 1120. The first kappa shape index (κ1) is 24.9. The molecule has 0 aliphatic rings. The highest BCUT2D eigenvalue weighted by atomic mass is 32.2. The van der Waals surface area contributed by atoms with Crippen LogP contribution >= 0.6 is 11.8 Å². The van der Waals surface area contributed by atoms with Gasteiger partial charge in [-0.25, -0.2) is 5.43 Å². The molecule has 0 heterocycles. The number of amides is 2. The van der Waals surface area contributed by atoms with Gasteiger partial charge >= 0.3 is 0 Å². The van der Waals surface area contributed by atoms with Crippen molar-refractivity contribution in [1.82, 2.24) is 5.43 Å². The maximum absolute atomic E-state index is 12.1. The molecule has 0 saturated heterocycles.